The predicted octanol–water partition coefficient (Wildman–Crippen LogP) is 4.33. The number of nitrogens with zero attached hydrogens (tertiary/aromatic N) is 1. The van der Waals surface area contributed by atoms with Gasteiger partial charge in [-0.3, -0.25) is 9.59 Å². The van der Waals surface area contributed by atoms with Crippen LogP contribution in [0.3, 0.4) is 0 Å². The number of rotatable bonds is 0. The smallest absolute Gasteiger partial charge is 0.258 e. The summed E-state index contributed by atoms with van der Waals surface area (Å²) in [6, 6.07) is 15.6. The van der Waals surface area contributed by atoms with Crippen molar-refractivity contribution in [2.24, 2.45) is 13.0 Å². The number of hydrogen-bond acceptors (Lipinski definition) is 3. The van der Waals surface area contributed by atoms with Crippen molar-refractivity contribution in [1.82, 2.24) is 9.55 Å². The predicted molar refractivity (Wildman–Crippen MR) is 123 cm³/mol. The average Bonchev–Trinajstić information content (AvgIpc) is 2.76. The highest BCUT2D eigenvalue weighted by Crippen LogP contribution is 2.52. The van der Waals surface area contributed by atoms with Gasteiger partial charge in [-0.15, -0.1) is 0 Å². The maximum Gasteiger partial charge on any atom is 0.258 e. The zero-order valence-electron chi connectivity index (χ0n) is 17.6. The highest BCUT2D eigenvalue weighted by molar-refractivity contribution is 5.91. The fourth-order valence-electron chi connectivity index (χ4n) is 5.44. The molecule has 3 heterocycles. The SMILES string of the molecule is Cn1c(=O)c2c(c3ccccc31)[C@@H]1c3c(c4ccccc4[nH]c3=O)OC(C)(C)[C@@H]1C=C2. The van der Waals surface area contributed by atoms with E-state index in [2.05, 4.69) is 18.8 Å². The van der Waals surface area contributed by atoms with Crippen LogP contribution in [0, 0.1) is 5.92 Å². The maximum atomic E-state index is 13.4. The van der Waals surface area contributed by atoms with E-state index in [1.54, 1.807) is 11.6 Å². The summed E-state index contributed by atoms with van der Waals surface area (Å²) in [6.45, 7) is 4.12. The zero-order valence-corrected chi connectivity index (χ0v) is 17.6. The molecule has 0 radical (unpaired) electrons. The number of fused-ring (bicyclic) bond motifs is 9. The molecular weight excluding hydrogens is 388 g/mol. The minimum absolute atomic E-state index is 0.0496. The highest BCUT2D eigenvalue weighted by atomic mass is 16.5. The molecule has 4 aromatic rings. The average molecular weight is 410 g/mol. The topological polar surface area (TPSA) is 64.1 Å². The standard InChI is InChI=1S/C26H22N2O3/c1-26(2)17-13-12-16-20(15-9-5-7-11-19(15)28(3)25(16)30)21(17)22-23(31-26)14-8-4-6-10-18(14)27-24(22)29/h4-13,17,21H,1-3H3,(H,27,29)/t17-,21-/m1/s1. The molecule has 1 aliphatic carbocycles. The lowest BCUT2D eigenvalue weighted by Gasteiger charge is -2.45. The Labute approximate surface area is 178 Å². The first-order valence-electron chi connectivity index (χ1n) is 10.5. The number of aromatic nitrogens is 2. The Bertz CT molecular complexity index is 1560. The summed E-state index contributed by atoms with van der Waals surface area (Å²) in [5.74, 6) is 0.271. The van der Waals surface area contributed by atoms with E-state index in [1.165, 1.54) is 0 Å². The van der Waals surface area contributed by atoms with E-state index in [-0.39, 0.29) is 23.0 Å². The van der Waals surface area contributed by atoms with Crippen molar-refractivity contribution in [2.75, 3.05) is 0 Å². The molecule has 2 atom stereocenters. The van der Waals surface area contributed by atoms with Crippen LogP contribution in [0.2, 0.25) is 0 Å². The molecule has 0 saturated heterocycles. The quantitative estimate of drug-likeness (QED) is 0.469. The van der Waals surface area contributed by atoms with Gasteiger partial charge in [0.2, 0.25) is 0 Å². The molecule has 0 saturated carbocycles. The molecule has 1 aliphatic heterocycles. The second kappa shape index (κ2) is 5.97. The number of aryl methyl sites for hydroxylation is 1. The fourth-order valence-corrected chi connectivity index (χ4v) is 5.44. The molecule has 5 heteroatoms. The van der Waals surface area contributed by atoms with Gasteiger partial charge in [0.1, 0.15) is 11.4 Å². The Balaban J connectivity index is 1.81. The Kier molecular flexibility index (Phi) is 3.51. The number of pyridine rings is 2. The normalized spacial score (nSPS) is 20.7. The van der Waals surface area contributed by atoms with Crippen molar-refractivity contribution in [2.45, 2.75) is 25.4 Å². The second-order valence-corrected chi connectivity index (χ2v) is 9.02. The number of H-pyrrole nitrogens is 1. The Morgan fingerprint density at radius 1 is 0.968 bits per heavy atom. The molecule has 2 aromatic carbocycles. The first-order chi connectivity index (χ1) is 14.9. The van der Waals surface area contributed by atoms with E-state index in [4.69, 9.17) is 4.74 Å². The summed E-state index contributed by atoms with van der Waals surface area (Å²) in [5, 5.41) is 1.88. The van der Waals surface area contributed by atoms with Crippen molar-refractivity contribution in [3.05, 3.63) is 92.0 Å². The molecular formula is C26H22N2O3. The first-order valence-corrected chi connectivity index (χ1v) is 10.5. The molecule has 0 spiro atoms. The van der Waals surface area contributed by atoms with Gasteiger partial charge in [0.15, 0.2) is 0 Å². The molecule has 0 unspecified atom stereocenters. The first kappa shape index (κ1) is 18.2. The van der Waals surface area contributed by atoms with Gasteiger partial charge in [-0.1, -0.05) is 42.5 Å². The van der Waals surface area contributed by atoms with Crippen LogP contribution < -0.4 is 15.9 Å². The van der Waals surface area contributed by atoms with E-state index in [0.717, 1.165) is 27.4 Å². The van der Waals surface area contributed by atoms with E-state index >= 15 is 0 Å². The molecule has 1 N–H and O–H groups in total. The Morgan fingerprint density at radius 3 is 2.48 bits per heavy atom. The fraction of sp³-hybridized carbons (Fsp3) is 0.231. The van der Waals surface area contributed by atoms with E-state index in [9.17, 15) is 9.59 Å². The number of aromatic amines is 1. The van der Waals surface area contributed by atoms with Crippen LogP contribution in [0.15, 0.2) is 64.2 Å². The number of nitrogens with one attached hydrogen (secondary N) is 1. The maximum absolute atomic E-state index is 13.4. The third-order valence-corrected chi connectivity index (χ3v) is 6.91. The van der Waals surface area contributed by atoms with E-state index in [1.807, 2.05) is 60.7 Å². The summed E-state index contributed by atoms with van der Waals surface area (Å²) < 4.78 is 8.20. The lowest BCUT2D eigenvalue weighted by atomic mass is 9.67. The van der Waals surface area contributed by atoms with Gasteiger partial charge in [0, 0.05) is 35.2 Å². The highest BCUT2D eigenvalue weighted by Gasteiger charge is 2.48. The van der Waals surface area contributed by atoms with Crippen LogP contribution in [-0.4, -0.2) is 15.2 Å². The van der Waals surface area contributed by atoms with Gasteiger partial charge >= 0.3 is 0 Å². The van der Waals surface area contributed by atoms with Gasteiger partial charge in [-0.05, 0) is 37.6 Å². The Morgan fingerprint density at radius 2 is 1.68 bits per heavy atom. The molecule has 0 bridgehead atoms. The molecule has 6 rings (SSSR count). The minimum Gasteiger partial charge on any atom is -0.486 e. The van der Waals surface area contributed by atoms with E-state index < -0.39 is 5.60 Å². The van der Waals surface area contributed by atoms with Gasteiger partial charge < -0.3 is 14.3 Å². The lowest BCUT2D eigenvalue weighted by molar-refractivity contribution is 0.0403. The van der Waals surface area contributed by atoms with Crippen LogP contribution in [0.1, 0.15) is 36.5 Å². The molecule has 0 fully saturated rings. The zero-order chi connectivity index (χ0) is 21.5. The summed E-state index contributed by atoms with van der Waals surface area (Å²) in [4.78, 5) is 29.7. The van der Waals surface area contributed by atoms with Crippen LogP contribution in [-0.2, 0) is 7.05 Å². The number of para-hydroxylation sites is 2. The van der Waals surface area contributed by atoms with Crippen LogP contribution in [0.4, 0.5) is 0 Å². The Hall–Kier alpha value is -3.60. The lowest BCUT2D eigenvalue weighted by Crippen LogP contribution is -2.47. The van der Waals surface area contributed by atoms with Crippen LogP contribution >= 0.6 is 0 Å². The van der Waals surface area contributed by atoms with Crippen LogP contribution in [0.25, 0.3) is 27.9 Å². The number of benzene rings is 2. The third-order valence-electron chi connectivity index (χ3n) is 6.91. The van der Waals surface area contributed by atoms with Crippen molar-refractivity contribution in [1.29, 1.82) is 0 Å². The molecule has 2 aliphatic rings. The van der Waals surface area contributed by atoms with Gasteiger partial charge in [0.05, 0.1) is 16.6 Å². The summed E-state index contributed by atoms with van der Waals surface area (Å²) >= 11 is 0. The molecule has 0 amide bonds. The molecule has 2 aromatic heterocycles. The summed E-state index contributed by atoms with van der Waals surface area (Å²) in [5.41, 5.74) is 3.03. The van der Waals surface area contributed by atoms with Gasteiger partial charge in [-0.2, -0.15) is 0 Å². The monoisotopic (exact) mass is 410 g/mol. The van der Waals surface area contributed by atoms with Crippen molar-refractivity contribution in [3.63, 3.8) is 0 Å². The van der Waals surface area contributed by atoms with Crippen molar-refractivity contribution >= 4 is 27.9 Å². The van der Waals surface area contributed by atoms with E-state index in [0.29, 0.717) is 16.9 Å². The molecule has 154 valence electrons. The third kappa shape index (κ3) is 2.31. The largest absolute Gasteiger partial charge is 0.486 e. The second-order valence-electron chi connectivity index (χ2n) is 9.02. The van der Waals surface area contributed by atoms with Crippen LogP contribution in [0.5, 0.6) is 5.75 Å². The van der Waals surface area contributed by atoms with Gasteiger partial charge in [0.25, 0.3) is 11.1 Å². The number of hydrogen-bond donors (Lipinski definition) is 1. The minimum atomic E-state index is -0.551. The van der Waals surface area contributed by atoms with Gasteiger partial charge in [-0.25, -0.2) is 0 Å². The van der Waals surface area contributed by atoms with Crippen molar-refractivity contribution < 1.29 is 4.74 Å². The molecule has 31 heavy (non-hydrogen) atoms. The molecule has 5 nitrogen and oxygen atoms in total. The van der Waals surface area contributed by atoms with Crippen molar-refractivity contribution in [3.8, 4) is 5.75 Å². The summed E-state index contributed by atoms with van der Waals surface area (Å²) in [7, 11) is 1.80. The number of ether oxygens (including phenoxy) is 1. The summed E-state index contributed by atoms with van der Waals surface area (Å²) in [6.07, 6.45) is 3.96.